The molecule has 1 amide bonds. The maximum absolute atomic E-state index is 13.6. The number of hydrogen-bond donors (Lipinski definition) is 1. The number of hydrogen-bond acceptors (Lipinski definition) is 3. The Morgan fingerprint density at radius 2 is 1.89 bits per heavy atom. The minimum Gasteiger partial charge on any atom is -0.323 e. The molecule has 2 heterocycles. The lowest BCUT2D eigenvalue weighted by Gasteiger charge is -2.09. The van der Waals surface area contributed by atoms with Gasteiger partial charge in [-0.05, 0) is 48.9 Å². The van der Waals surface area contributed by atoms with E-state index in [0.29, 0.717) is 0 Å². The van der Waals surface area contributed by atoms with Crippen LogP contribution in [-0.2, 0) is 11.2 Å². The summed E-state index contributed by atoms with van der Waals surface area (Å²) in [5, 5.41) is 2.40. The Balaban J connectivity index is 1.52. The number of nitrogens with one attached hydrogen (secondary N) is 1. The van der Waals surface area contributed by atoms with E-state index in [-0.39, 0.29) is 12.1 Å². The predicted molar refractivity (Wildman–Crippen MR) is 102 cm³/mol. The average Bonchev–Trinajstić information content (AvgIpc) is 3.01. The van der Waals surface area contributed by atoms with Crippen LogP contribution in [0.15, 0.2) is 60.8 Å². The number of rotatable bonds is 4. The molecule has 140 valence electrons. The molecule has 2 aromatic heterocycles. The van der Waals surface area contributed by atoms with Gasteiger partial charge in [0.1, 0.15) is 23.0 Å². The van der Waals surface area contributed by atoms with Crippen LogP contribution in [-0.4, -0.2) is 20.4 Å². The van der Waals surface area contributed by atoms with Crippen LogP contribution in [0.5, 0.6) is 0 Å². The van der Waals surface area contributed by atoms with Crippen molar-refractivity contribution in [2.45, 2.75) is 13.3 Å². The van der Waals surface area contributed by atoms with Gasteiger partial charge < -0.3 is 5.32 Å². The number of aryl methyl sites for hydroxylation is 1. The first kappa shape index (κ1) is 17.8. The van der Waals surface area contributed by atoms with Crippen molar-refractivity contribution in [3.8, 4) is 5.69 Å². The fourth-order valence-corrected chi connectivity index (χ4v) is 3.07. The number of benzene rings is 2. The van der Waals surface area contributed by atoms with Gasteiger partial charge in [-0.3, -0.25) is 9.36 Å². The number of imidazole rings is 1. The number of halogens is 2. The summed E-state index contributed by atoms with van der Waals surface area (Å²) in [6.45, 7) is 1.90. The average molecular weight is 378 g/mol. The number of carbonyl (C=O) groups is 1. The van der Waals surface area contributed by atoms with Crippen molar-refractivity contribution in [2.75, 3.05) is 5.32 Å². The largest absolute Gasteiger partial charge is 0.323 e. The molecule has 0 spiro atoms. The highest BCUT2D eigenvalue weighted by Crippen LogP contribution is 2.20. The van der Waals surface area contributed by atoms with Gasteiger partial charge in [0, 0.05) is 18.0 Å². The molecule has 0 saturated carbocycles. The predicted octanol–water partition coefficient (Wildman–Crippen LogP) is 4.19. The molecule has 0 radical (unpaired) electrons. The van der Waals surface area contributed by atoms with Crippen molar-refractivity contribution in [1.82, 2.24) is 14.5 Å². The highest BCUT2D eigenvalue weighted by atomic mass is 19.1. The molecule has 0 aliphatic rings. The lowest BCUT2D eigenvalue weighted by molar-refractivity contribution is -0.115. The Bertz CT molecular complexity index is 1170. The van der Waals surface area contributed by atoms with Crippen molar-refractivity contribution < 1.29 is 13.6 Å². The smallest absolute Gasteiger partial charge is 0.228 e. The molecule has 1 N–H and O–H groups in total. The molecule has 0 saturated heterocycles. The molecule has 0 bridgehead atoms. The number of aromatic nitrogens is 3. The van der Waals surface area contributed by atoms with E-state index in [4.69, 9.17) is 0 Å². The molecule has 2 aromatic carbocycles. The van der Waals surface area contributed by atoms with Crippen LogP contribution in [0, 0.1) is 18.6 Å². The monoisotopic (exact) mass is 378 g/mol. The summed E-state index contributed by atoms with van der Waals surface area (Å²) in [4.78, 5) is 21.0. The number of carbonyl (C=O) groups excluding carboxylic acids is 1. The Hall–Kier alpha value is -3.61. The van der Waals surface area contributed by atoms with Gasteiger partial charge in [-0.25, -0.2) is 18.7 Å². The van der Waals surface area contributed by atoms with Gasteiger partial charge in [-0.2, -0.15) is 0 Å². The number of pyridine rings is 1. The van der Waals surface area contributed by atoms with E-state index in [0.717, 1.165) is 46.4 Å². The van der Waals surface area contributed by atoms with Crippen LogP contribution in [0.25, 0.3) is 16.9 Å². The minimum absolute atomic E-state index is 0.0398. The zero-order valence-corrected chi connectivity index (χ0v) is 15.0. The van der Waals surface area contributed by atoms with Crippen LogP contribution in [0.3, 0.4) is 0 Å². The summed E-state index contributed by atoms with van der Waals surface area (Å²) in [6.07, 6.45) is 1.75. The van der Waals surface area contributed by atoms with Gasteiger partial charge in [0.05, 0.1) is 12.1 Å². The van der Waals surface area contributed by atoms with Crippen molar-refractivity contribution in [2.24, 2.45) is 0 Å². The Morgan fingerprint density at radius 3 is 2.68 bits per heavy atom. The van der Waals surface area contributed by atoms with Crippen LogP contribution in [0.1, 0.15) is 11.4 Å². The van der Waals surface area contributed by atoms with Crippen LogP contribution in [0.4, 0.5) is 14.5 Å². The van der Waals surface area contributed by atoms with Gasteiger partial charge in [0.25, 0.3) is 0 Å². The molecule has 0 fully saturated rings. The first-order valence-electron chi connectivity index (χ1n) is 8.65. The van der Waals surface area contributed by atoms with Gasteiger partial charge >= 0.3 is 0 Å². The molecule has 5 nitrogen and oxygen atoms in total. The van der Waals surface area contributed by atoms with E-state index in [2.05, 4.69) is 15.3 Å². The zero-order chi connectivity index (χ0) is 19.7. The minimum atomic E-state index is -0.681. The van der Waals surface area contributed by atoms with E-state index in [9.17, 15) is 13.6 Å². The third-order valence-corrected chi connectivity index (χ3v) is 4.35. The van der Waals surface area contributed by atoms with Gasteiger partial charge in [0.15, 0.2) is 5.65 Å². The first-order chi connectivity index (χ1) is 13.5. The third kappa shape index (κ3) is 3.46. The fraction of sp³-hybridized carbons (Fsp3) is 0.0952. The second-order valence-corrected chi connectivity index (χ2v) is 6.36. The highest BCUT2D eigenvalue weighted by molar-refractivity contribution is 5.92. The van der Waals surface area contributed by atoms with Crippen molar-refractivity contribution in [3.05, 3.63) is 83.8 Å². The van der Waals surface area contributed by atoms with Crippen LogP contribution in [0.2, 0.25) is 0 Å². The summed E-state index contributed by atoms with van der Waals surface area (Å²) in [5.41, 5.74) is 3.01. The third-order valence-electron chi connectivity index (χ3n) is 4.35. The van der Waals surface area contributed by atoms with Gasteiger partial charge in [-0.1, -0.05) is 12.1 Å². The molecule has 7 heteroatoms. The maximum Gasteiger partial charge on any atom is 0.228 e. The SMILES string of the molecule is Cc1nc2cccnc2n1-c1ccc(CC(=O)Nc2cc(F)ccc2F)cc1. The molecule has 0 aliphatic heterocycles. The normalized spacial score (nSPS) is 11.0. The number of amides is 1. The molecule has 4 rings (SSSR count). The van der Waals surface area contributed by atoms with Gasteiger partial charge in [-0.15, -0.1) is 0 Å². The first-order valence-corrected chi connectivity index (χ1v) is 8.65. The quantitative estimate of drug-likeness (QED) is 0.579. The summed E-state index contributed by atoms with van der Waals surface area (Å²) in [6, 6.07) is 14.0. The van der Waals surface area contributed by atoms with E-state index < -0.39 is 17.5 Å². The number of fused-ring (bicyclic) bond motifs is 1. The standard InChI is InChI=1S/C21H16F2N4O/c1-13-25-18-3-2-10-24-21(18)27(13)16-7-4-14(5-8-16)11-20(28)26-19-12-15(22)6-9-17(19)23/h2-10,12H,11H2,1H3,(H,26,28). The van der Waals surface area contributed by atoms with E-state index in [1.807, 2.05) is 47.9 Å². The van der Waals surface area contributed by atoms with Crippen molar-refractivity contribution >= 4 is 22.8 Å². The fourth-order valence-electron chi connectivity index (χ4n) is 3.07. The molecule has 0 unspecified atom stereocenters. The zero-order valence-electron chi connectivity index (χ0n) is 15.0. The van der Waals surface area contributed by atoms with Gasteiger partial charge in [0.2, 0.25) is 5.91 Å². The molecule has 0 aliphatic carbocycles. The second-order valence-electron chi connectivity index (χ2n) is 6.36. The lowest BCUT2D eigenvalue weighted by Crippen LogP contribution is -2.15. The molecule has 4 aromatic rings. The van der Waals surface area contributed by atoms with E-state index in [1.165, 1.54) is 0 Å². The second kappa shape index (κ2) is 7.19. The molecule has 0 atom stereocenters. The van der Waals surface area contributed by atoms with Crippen molar-refractivity contribution in [1.29, 1.82) is 0 Å². The van der Waals surface area contributed by atoms with E-state index in [1.54, 1.807) is 6.20 Å². The van der Waals surface area contributed by atoms with Crippen LogP contribution < -0.4 is 5.32 Å². The molecular weight excluding hydrogens is 362 g/mol. The summed E-state index contributed by atoms with van der Waals surface area (Å²) in [5.74, 6) is -0.915. The summed E-state index contributed by atoms with van der Waals surface area (Å²) >= 11 is 0. The molecule has 28 heavy (non-hydrogen) atoms. The number of nitrogens with zero attached hydrogens (tertiary/aromatic N) is 3. The lowest BCUT2D eigenvalue weighted by atomic mass is 10.1. The maximum atomic E-state index is 13.6. The van der Waals surface area contributed by atoms with E-state index >= 15 is 0 Å². The Kier molecular flexibility index (Phi) is 4.57. The van der Waals surface area contributed by atoms with Crippen molar-refractivity contribution in [3.63, 3.8) is 0 Å². The molecular formula is C21H16F2N4O. The number of anilines is 1. The van der Waals surface area contributed by atoms with Crippen LogP contribution >= 0.6 is 0 Å². The Labute approximate surface area is 159 Å². The Morgan fingerprint density at radius 1 is 1.11 bits per heavy atom. The summed E-state index contributed by atoms with van der Waals surface area (Å²) in [7, 11) is 0. The topological polar surface area (TPSA) is 59.8 Å². The highest BCUT2D eigenvalue weighted by Gasteiger charge is 2.12. The summed E-state index contributed by atoms with van der Waals surface area (Å²) < 4.78 is 28.8.